The fourth-order valence-corrected chi connectivity index (χ4v) is 5.19. The maximum Gasteiger partial charge on any atom is 0.240 e. The lowest BCUT2D eigenvalue weighted by Gasteiger charge is -2.08. The fourth-order valence-electron chi connectivity index (χ4n) is 3.10. The first kappa shape index (κ1) is 21.4. The Bertz CT molecular complexity index is 1300. The maximum atomic E-state index is 13.1. The zero-order valence-corrected chi connectivity index (χ0v) is 18.6. The van der Waals surface area contributed by atoms with E-state index >= 15 is 0 Å². The molecule has 0 unspecified atom stereocenters. The minimum atomic E-state index is -3.61. The van der Waals surface area contributed by atoms with E-state index in [4.69, 9.17) is 4.74 Å². The second-order valence-electron chi connectivity index (χ2n) is 6.80. The molecule has 0 saturated heterocycles. The number of sulfonamides is 1. The second kappa shape index (κ2) is 8.74. The lowest BCUT2D eigenvalue weighted by molar-refractivity contribution is 0.340. The predicted molar refractivity (Wildman–Crippen MR) is 117 cm³/mol. The molecule has 162 valence electrons. The van der Waals surface area contributed by atoms with Crippen molar-refractivity contribution in [2.75, 3.05) is 13.2 Å². The van der Waals surface area contributed by atoms with Gasteiger partial charge in [-0.05, 0) is 68.8 Å². The standard InChI is InChI=1S/C21H21FN4O3S2/c1-3-29-17-8-10-18(11-9-17)31(27,28)23-13-12-19-14(2)26-21(30-19)24-20(25-26)15-4-6-16(22)7-5-15/h4-11,23H,3,12-13H2,1-2H3. The molecule has 7 nitrogen and oxygen atoms in total. The molecule has 0 spiro atoms. The largest absolute Gasteiger partial charge is 0.494 e. The van der Waals surface area contributed by atoms with Gasteiger partial charge in [0.15, 0.2) is 5.82 Å². The summed E-state index contributed by atoms with van der Waals surface area (Å²) >= 11 is 1.46. The van der Waals surface area contributed by atoms with Crippen LogP contribution in [0.25, 0.3) is 16.3 Å². The summed E-state index contributed by atoms with van der Waals surface area (Å²) in [6.07, 6.45) is 0.518. The van der Waals surface area contributed by atoms with Crippen LogP contribution in [-0.2, 0) is 16.4 Å². The van der Waals surface area contributed by atoms with Crippen molar-refractivity contribution in [3.8, 4) is 17.1 Å². The summed E-state index contributed by atoms with van der Waals surface area (Å²) in [5.74, 6) is 0.847. The van der Waals surface area contributed by atoms with Crippen LogP contribution in [0, 0.1) is 12.7 Å². The van der Waals surface area contributed by atoms with Gasteiger partial charge in [0.1, 0.15) is 11.6 Å². The molecule has 4 aromatic rings. The molecule has 0 atom stereocenters. The van der Waals surface area contributed by atoms with Gasteiger partial charge in [-0.2, -0.15) is 4.98 Å². The molecule has 1 N–H and O–H groups in total. The number of hydrogen-bond donors (Lipinski definition) is 1. The average Bonchev–Trinajstić information content (AvgIpc) is 3.29. The normalized spacial score (nSPS) is 11.8. The van der Waals surface area contributed by atoms with Crippen molar-refractivity contribution in [2.45, 2.75) is 25.2 Å². The van der Waals surface area contributed by atoms with Crippen molar-refractivity contribution < 1.29 is 17.5 Å². The van der Waals surface area contributed by atoms with Crippen LogP contribution in [0.15, 0.2) is 53.4 Å². The smallest absolute Gasteiger partial charge is 0.240 e. The van der Waals surface area contributed by atoms with Crippen molar-refractivity contribution >= 4 is 26.3 Å². The molecule has 2 heterocycles. The molecule has 0 fully saturated rings. The molecule has 0 aliphatic rings. The zero-order valence-electron chi connectivity index (χ0n) is 17.0. The molecule has 2 aromatic heterocycles. The van der Waals surface area contributed by atoms with Crippen LogP contribution in [0.4, 0.5) is 4.39 Å². The number of thiazole rings is 1. The first-order valence-electron chi connectivity index (χ1n) is 9.71. The number of nitrogens with one attached hydrogen (secondary N) is 1. The minimum absolute atomic E-state index is 0.194. The molecule has 10 heteroatoms. The monoisotopic (exact) mass is 460 g/mol. The highest BCUT2D eigenvalue weighted by molar-refractivity contribution is 7.89. The van der Waals surface area contributed by atoms with Gasteiger partial charge in [-0.25, -0.2) is 22.0 Å². The molecular formula is C21H21FN4O3S2. The highest BCUT2D eigenvalue weighted by Crippen LogP contribution is 2.25. The van der Waals surface area contributed by atoms with Gasteiger partial charge in [0.05, 0.1) is 17.2 Å². The second-order valence-corrected chi connectivity index (χ2v) is 9.63. The Morgan fingerprint density at radius 1 is 1.13 bits per heavy atom. The summed E-state index contributed by atoms with van der Waals surface area (Å²) in [4.78, 5) is 6.42. The molecule has 0 bridgehead atoms. The van der Waals surface area contributed by atoms with Crippen LogP contribution in [-0.4, -0.2) is 36.2 Å². The van der Waals surface area contributed by atoms with Crippen LogP contribution < -0.4 is 9.46 Å². The van der Waals surface area contributed by atoms with E-state index in [1.54, 1.807) is 28.8 Å². The van der Waals surface area contributed by atoms with Gasteiger partial charge in [0, 0.05) is 17.0 Å². The van der Waals surface area contributed by atoms with E-state index in [9.17, 15) is 12.8 Å². The summed E-state index contributed by atoms with van der Waals surface area (Å²) in [7, 11) is -3.61. The van der Waals surface area contributed by atoms with Crippen molar-refractivity contribution in [1.82, 2.24) is 19.3 Å². The number of rotatable bonds is 8. The van der Waals surface area contributed by atoms with Gasteiger partial charge in [-0.15, -0.1) is 5.10 Å². The molecule has 0 amide bonds. The van der Waals surface area contributed by atoms with Gasteiger partial charge in [-0.1, -0.05) is 11.3 Å². The molecule has 0 aliphatic carbocycles. The number of benzene rings is 2. The lowest BCUT2D eigenvalue weighted by atomic mass is 10.2. The van der Waals surface area contributed by atoms with Crippen molar-refractivity contribution in [3.63, 3.8) is 0 Å². The summed E-state index contributed by atoms with van der Waals surface area (Å²) in [6.45, 7) is 4.57. The Morgan fingerprint density at radius 3 is 2.48 bits per heavy atom. The van der Waals surface area contributed by atoms with E-state index in [0.717, 1.165) is 16.1 Å². The topological polar surface area (TPSA) is 85.6 Å². The quantitative estimate of drug-likeness (QED) is 0.432. The summed E-state index contributed by atoms with van der Waals surface area (Å²) < 4.78 is 47.9. The molecular weight excluding hydrogens is 439 g/mol. The number of halogens is 1. The van der Waals surface area contributed by atoms with E-state index in [1.165, 1.54) is 35.6 Å². The number of ether oxygens (including phenoxy) is 1. The van der Waals surface area contributed by atoms with Crippen molar-refractivity contribution in [1.29, 1.82) is 0 Å². The van der Waals surface area contributed by atoms with Gasteiger partial charge in [-0.3, -0.25) is 0 Å². The van der Waals surface area contributed by atoms with E-state index in [0.29, 0.717) is 29.6 Å². The van der Waals surface area contributed by atoms with Crippen LogP contribution in [0.2, 0.25) is 0 Å². The number of aromatic nitrogens is 3. The fraction of sp³-hybridized carbons (Fsp3) is 0.238. The van der Waals surface area contributed by atoms with Crippen LogP contribution in [0.5, 0.6) is 5.75 Å². The van der Waals surface area contributed by atoms with Gasteiger partial charge < -0.3 is 4.74 Å². The third-order valence-corrected chi connectivity index (χ3v) is 7.37. The van der Waals surface area contributed by atoms with Crippen LogP contribution in [0.1, 0.15) is 17.5 Å². The number of aryl methyl sites for hydroxylation is 1. The van der Waals surface area contributed by atoms with Gasteiger partial charge in [0.25, 0.3) is 0 Å². The van der Waals surface area contributed by atoms with Crippen molar-refractivity contribution in [3.05, 3.63) is 64.9 Å². The minimum Gasteiger partial charge on any atom is -0.494 e. The molecule has 2 aromatic carbocycles. The van der Waals surface area contributed by atoms with E-state index in [-0.39, 0.29) is 17.3 Å². The molecule has 31 heavy (non-hydrogen) atoms. The Morgan fingerprint density at radius 2 is 1.84 bits per heavy atom. The van der Waals surface area contributed by atoms with Gasteiger partial charge >= 0.3 is 0 Å². The first-order valence-corrected chi connectivity index (χ1v) is 12.0. The Labute approximate surface area is 183 Å². The SMILES string of the molecule is CCOc1ccc(S(=O)(=O)NCCc2sc3nc(-c4ccc(F)cc4)nn3c2C)cc1. The van der Waals surface area contributed by atoms with E-state index in [2.05, 4.69) is 14.8 Å². The predicted octanol–water partition coefficient (Wildman–Crippen LogP) is 3.83. The zero-order chi connectivity index (χ0) is 22.0. The number of nitrogens with zero attached hydrogens (tertiary/aromatic N) is 3. The highest BCUT2D eigenvalue weighted by atomic mass is 32.2. The third kappa shape index (κ3) is 4.60. The number of fused-ring (bicyclic) bond motifs is 1. The molecule has 0 aliphatic heterocycles. The van der Waals surface area contributed by atoms with E-state index < -0.39 is 10.0 Å². The third-order valence-electron chi connectivity index (χ3n) is 4.70. The molecule has 0 saturated carbocycles. The Kier molecular flexibility index (Phi) is 6.03. The summed E-state index contributed by atoms with van der Waals surface area (Å²) in [5.41, 5.74) is 1.64. The maximum absolute atomic E-state index is 13.1. The summed E-state index contributed by atoms with van der Waals surface area (Å²) in [5, 5.41) is 4.50. The van der Waals surface area contributed by atoms with Gasteiger partial charge in [0.2, 0.25) is 15.0 Å². The highest BCUT2D eigenvalue weighted by Gasteiger charge is 2.17. The lowest BCUT2D eigenvalue weighted by Crippen LogP contribution is -2.26. The Balaban J connectivity index is 1.43. The summed E-state index contributed by atoms with van der Waals surface area (Å²) in [6, 6.07) is 12.4. The molecule has 0 radical (unpaired) electrons. The van der Waals surface area contributed by atoms with Crippen molar-refractivity contribution in [2.24, 2.45) is 0 Å². The van der Waals surface area contributed by atoms with Crippen LogP contribution >= 0.6 is 11.3 Å². The Hall–Kier alpha value is -2.82. The molecule has 4 rings (SSSR count). The average molecular weight is 461 g/mol. The number of hydrogen-bond acceptors (Lipinski definition) is 6. The van der Waals surface area contributed by atoms with Crippen LogP contribution in [0.3, 0.4) is 0 Å². The first-order chi connectivity index (χ1) is 14.9. The van der Waals surface area contributed by atoms with E-state index in [1.807, 2.05) is 13.8 Å².